The molecule has 1 rings (SSSR count). The van der Waals surface area contributed by atoms with Gasteiger partial charge >= 0.3 is 6.18 Å². The fourth-order valence-corrected chi connectivity index (χ4v) is 1.64. The predicted octanol–water partition coefficient (Wildman–Crippen LogP) is 2.93. The van der Waals surface area contributed by atoms with Gasteiger partial charge in [-0.1, -0.05) is 6.92 Å². The van der Waals surface area contributed by atoms with Gasteiger partial charge in [-0.3, -0.25) is 4.79 Å². The maximum Gasteiger partial charge on any atom is 0.406 e. The molecule has 0 unspecified atom stereocenters. The molecule has 0 saturated heterocycles. The third-order valence-electron chi connectivity index (χ3n) is 2.60. The summed E-state index contributed by atoms with van der Waals surface area (Å²) in [5.41, 5.74) is 0.199. The molecule has 0 spiro atoms. The fourth-order valence-electron chi connectivity index (χ4n) is 1.64. The van der Waals surface area contributed by atoms with Crippen LogP contribution >= 0.6 is 0 Å². The van der Waals surface area contributed by atoms with E-state index in [4.69, 9.17) is 0 Å². The molecule has 0 aliphatic rings. The lowest BCUT2D eigenvalue weighted by Gasteiger charge is -2.22. The molecule has 1 heterocycles. The van der Waals surface area contributed by atoms with Gasteiger partial charge < -0.3 is 10.2 Å². The lowest BCUT2D eigenvalue weighted by Crippen LogP contribution is -2.38. The zero-order chi connectivity index (χ0) is 15.2. The number of carbonyl (C=O) groups excluding carboxylic acids is 1. The molecule has 1 amide bonds. The van der Waals surface area contributed by atoms with Crippen molar-refractivity contribution >= 4 is 11.7 Å². The number of hydrogen-bond acceptors (Lipinski definition) is 3. The molecule has 7 heteroatoms. The normalized spacial score (nSPS) is 11.2. The number of aromatic nitrogens is 1. The predicted molar refractivity (Wildman–Crippen MR) is 70.7 cm³/mol. The number of rotatable bonds is 6. The molecule has 0 bridgehead atoms. The van der Waals surface area contributed by atoms with Crippen molar-refractivity contribution < 1.29 is 18.0 Å². The van der Waals surface area contributed by atoms with Gasteiger partial charge in [-0.25, -0.2) is 4.98 Å². The Bertz CT molecular complexity index is 449. The second-order valence-corrected chi connectivity index (χ2v) is 4.29. The third-order valence-corrected chi connectivity index (χ3v) is 2.60. The van der Waals surface area contributed by atoms with Crippen molar-refractivity contribution in [3.05, 3.63) is 23.9 Å². The van der Waals surface area contributed by atoms with Crippen LogP contribution < -0.4 is 5.32 Å². The second kappa shape index (κ2) is 7.12. The van der Waals surface area contributed by atoms with Gasteiger partial charge in [-0.15, -0.1) is 0 Å². The monoisotopic (exact) mass is 289 g/mol. The van der Waals surface area contributed by atoms with E-state index in [1.807, 2.05) is 6.92 Å². The molecule has 0 saturated carbocycles. The molecule has 1 aromatic rings. The number of amides is 1. The van der Waals surface area contributed by atoms with Crippen LogP contribution in [-0.4, -0.2) is 41.6 Å². The third kappa shape index (κ3) is 5.07. The molecule has 0 aliphatic carbocycles. The molecule has 0 aliphatic heterocycles. The summed E-state index contributed by atoms with van der Waals surface area (Å²) in [7, 11) is 0. The second-order valence-electron chi connectivity index (χ2n) is 4.29. The van der Waals surface area contributed by atoms with E-state index >= 15 is 0 Å². The summed E-state index contributed by atoms with van der Waals surface area (Å²) in [5, 5.41) is 2.99. The molecule has 1 N–H and O–H groups in total. The largest absolute Gasteiger partial charge is 0.406 e. The lowest BCUT2D eigenvalue weighted by molar-refractivity contribution is -0.140. The van der Waals surface area contributed by atoms with E-state index in [-0.39, 0.29) is 12.1 Å². The van der Waals surface area contributed by atoms with Gasteiger partial charge in [0.25, 0.3) is 5.91 Å². The van der Waals surface area contributed by atoms with E-state index in [0.29, 0.717) is 12.4 Å². The first-order chi connectivity index (χ1) is 9.37. The average molecular weight is 289 g/mol. The van der Waals surface area contributed by atoms with Gasteiger partial charge in [-0.05, 0) is 25.5 Å². The standard InChI is InChI=1S/C13H18F3N3O/c1-3-6-17-11-8-10(5-7-18-11)12(20)19(4-2)9-13(14,15)16/h5,7-8H,3-4,6,9H2,1-2H3,(H,17,18). The summed E-state index contributed by atoms with van der Waals surface area (Å²) < 4.78 is 37.2. The molecule has 112 valence electrons. The minimum atomic E-state index is -4.40. The Balaban J connectivity index is 2.84. The summed E-state index contributed by atoms with van der Waals surface area (Å²) in [6.45, 7) is 2.93. The number of hydrogen-bond donors (Lipinski definition) is 1. The highest BCUT2D eigenvalue weighted by Gasteiger charge is 2.32. The first-order valence-electron chi connectivity index (χ1n) is 6.43. The summed E-state index contributed by atoms with van der Waals surface area (Å²) >= 11 is 0. The minimum Gasteiger partial charge on any atom is -0.370 e. The quantitative estimate of drug-likeness (QED) is 0.875. The van der Waals surface area contributed by atoms with Crippen molar-refractivity contribution in [3.63, 3.8) is 0 Å². The van der Waals surface area contributed by atoms with Crippen molar-refractivity contribution in [2.45, 2.75) is 26.4 Å². The van der Waals surface area contributed by atoms with Crippen LogP contribution in [0.2, 0.25) is 0 Å². The maximum absolute atomic E-state index is 12.4. The van der Waals surface area contributed by atoms with Crippen LogP contribution in [0.15, 0.2) is 18.3 Å². The van der Waals surface area contributed by atoms with Gasteiger partial charge in [0.1, 0.15) is 12.4 Å². The van der Waals surface area contributed by atoms with Crippen molar-refractivity contribution in [2.75, 3.05) is 25.0 Å². The summed E-state index contributed by atoms with van der Waals surface area (Å²) in [5.74, 6) is -0.160. The van der Waals surface area contributed by atoms with Crippen LogP contribution in [0.5, 0.6) is 0 Å². The Morgan fingerprint density at radius 2 is 2.10 bits per heavy atom. The molecule has 4 nitrogen and oxygen atoms in total. The summed E-state index contributed by atoms with van der Waals surface area (Å²) in [6, 6.07) is 2.88. The van der Waals surface area contributed by atoms with Crippen LogP contribution in [0.3, 0.4) is 0 Å². The zero-order valence-corrected chi connectivity index (χ0v) is 11.5. The lowest BCUT2D eigenvalue weighted by atomic mass is 10.2. The van der Waals surface area contributed by atoms with E-state index < -0.39 is 18.6 Å². The molecule has 0 radical (unpaired) electrons. The number of anilines is 1. The minimum absolute atomic E-state index is 0.00160. The summed E-state index contributed by atoms with van der Waals surface area (Å²) in [4.78, 5) is 16.8. The van der Waals surface area contributed by atoms with Crippen molar-refractivity contribution in [2.24, 2.45) is 0 Å². The SMILES string of the molecule is CCCNc1cc(C(=O)N(CC)CC(F)(F)F)ccn1. The Morgan fingerprint density at radius 1 is 1.40 bits per heavy atom. The average Bonchev–Trinajstić information content (AvgIpc) is 2.41. The van der Waals surface area contributed by atoms with Crippen molar-refractivity contribution in [3.8, 4) is 0 Å². The Morgan fingerprint density at radius 3 is 2.65 bits per heavy atom. The highest BCUT2D eigenvalue weighted by Crippen LogP contribution is 2.18. The van der Waals surface area contributed by atoms with E-state index in [9.17, 15) is 18.0 Å². The number of pyridine rings is 1. The molecule has 0 fully saturated rings. The van der Waals surface area contributed by atoms with Crippen LogP contribution in [0.4, 0.5) is 19.0 Å². The Kier molecular flexibility index (Phi) is 5.79. The van der Waals surface area contributed by atoms with Crippen LogP contribution in [0.25, 0.3) is 0 Å². The molecular formula is C13H18F3N3O. The molecule has 0 atom stereocenters. The number of nitrogens with one attached hydrogen (secondary N) is 1. The van der Waals surface area contributed by atoms with Gasteiger partial charge in [0.15, 0.2) is 0 Å². The highest BCUT2D eigenvalue weighted by molar-refractivity contribution is 5.94. The van der Waals surface area contributed by atoms with Crippen molar-refractivity contribution in [1.82, 2.24) is 9.88 Å². The Labute approximate surface area is 116 Å². The number of carbonyl (C=O) groups is 1. The molecule has 20 heavy (non-hydrogen) atoms. The first kappa shape index (κ1) is 16.3. The van der Waals surface area contributed by atoms with Crippen LogP contribution in [-0.2, 0) is 0 Å². The maximum atomic E-state index is 12.4. The van der Waals surface area contributed by atoms with Gasteiger partial charge in [0.05, 0.1) is 0 Å². The zero-order valence-electron chi connectivity index (χ0n) is 11.5. The topological polar surface area (TPSA) is 45.2 Å². The first-order valence-corrected chi connectivity index (χ1v) is 6.43. The van der Waals surface area contributed by atoms with E-state index in [2.05, 4.69) is 10.3 Å². The highest BCUT2D eigenvalue weighted by atomic mass is 19.4. The van der Waals surface area contributed by atoms with Gasteiger partial charge in [-0.2, -0.15) is 13.2 Å². The molecule has 1 aromatic heterocycles. The smallest absolute Gasteiger partial charge is 0.370 e. The van der Waals surface area contributed by atoms with Gasteiger partial charge in [0.2, 0.25) is 0 Å². The van der Waals surface area contributed by atoms with E-state index in [0.717, 1.165) is 11.3 Å². The number of nitrogens with zero attached hydrogens (tertiary/aromatic N) is 2. The van der Waals surface area contributed by atoms with Crippen molar-refractivity contribution in [1.29, 1.82) is 0 Å². The fraction of sp³-hybridized carbons (Fsp3) is 0.538. The Hall–Kier alpha value is -1.79. The van der Waals surface area contributed by atoms with Crippen LogP contribution in [0.1, 0.15) is 30.6 Å². The molecular weight excluding hydrogens is 271 g/mol. The van der Waals surface area contributed by atoms with E-state index in [1.54, 1.807) is 0 Å². The van der Waals surface area contributed by atoms with Gasteiger partial charge in [0, 0.05) is 24.8 Å². The number of halogens is 3. The molecule has 0 aromatic carbocycles. The summed E-state index contributed by atoms with van der Waals surface area (Å²) in [6.07, 6.45) is -2.11. The number of alkyl halides is 3. The van der Waals surface area contributed by atoms with Crippen LogP contribution in [0, 0.1) is 0 Å². The van der Waals surface area contributed by atoms with E-state index in [1.165, 1.54) is 25.3 Å².